The van der Waals surface area contributed by atoms with Crippen LogP contribution in [0.5, 0.6) is 0 Å². The lowest BCUT2D eigenvalue weighted by Crippen LogP contribution is -2.31. The molecule has 0 aliphatic rings. The van der Waals surface area contributed by atoms with E-state index in [-0.39, 0.29) is 11.9 Å². The van der Waals surface area contributed by atoms with E-state index in [1.54, 1.807) is 18.3 Å². The van der Waals surface area contributed by atoms with Crippen molar-refractivity contribution >= 4 is 5.91 Å². The van der Waals surface area contributed by atoms with Crippen LogP contribution in [0.4, 0.5) is 0 Å². The van der Waals surface area contributed by atoms with Crippen LogP contribution in [0.2, 0.25) is 0 Å². The lowest BCUT2D eigenvalue weighted by atomic mass is 10.0. The largest absolute Gasteiger partial charge is 0.338 e. The van der Waals surface area contributed by atoms with Crippen molar-refractivity contribution in [3.8, 4) is 0 Å². The van der Waals surface area contributed by atoms with Crippen molar-refractivity contribution in [3.63, 3.8) is 0 Å². The smallest absolute Gasteiger partial charge is 0.252 e. The number of imidazole rings is 1. The molecule has 4 nitrogen and oxygen atoms in total. The highest BCUT2D eigenvalue weighted by molar-refractivity contribution is 5.94. The molecule has 0 saturated heterocycles. The summed E-state index contributed by atoms with van der Waals surface area (Å²) in [4.78, 5) is 17.0. The molecule has 0 bridgehead atoms. The summed E-state index contributed by atoms with van der Waals surface area (Å²) in [7, 11) is 1.93. The quantitative estimate of drug-likeness (QED) is 0.804. The van der Waals surface area contributed by atoms with E-state index >= 15 is 0 Å². The van der Waals surface area contributed by atoms with Gasteiger partial charge in [0.2, 0.25) is 0 Å². The van der Waals surface area contributed by atoms with E-state index in [0.29, 0.717) is 5.56 Å². The molecule has 2 aromatic carbocycles. The first-order valence-electron chi connectivity index (χ1n) is 7.55. The molecule has 1 amide bonds. The zero-order valence-corrected chi connectivity index (χ0v) is 13.2. The molecule has 1 unspecified atom stereocenters. The van der Waals surface area contributed by atoms with Gasteiger partial charge in [-0.05, 0) is 24.6 Å². The Hall–Kier alpha value is -2.88. The van der Waals surface area contributed by atoms with Gasteiger partial charge in [0, 0.05) is 25.0 Å². The van der Waals surface area contributed by atoms with Gasteiger partial charge in [0.15, 0.2) is 0 Å². The Bertz CT molecular complexity index is 791. The number of benzene rings is 2. The molecule has 1 heterocycles. The van der Waals surface area contributed by atoms with E-state index in [2.05, 4.69) is 10.3 Å². The summed E-state index contributed by atoms with van der Waals surface area (Å²) < 4.78 is 1.93. The van der Waals surface area contributed by atoms with Crippen molar-refractivity contribution < 1.29 is 4.79 Å². The van der Waals surface area contributed by atoms with Crippen LogP contribution < -0.4 is 5.32 Å². The molecule has 116 valence electrons. The standard InChI is InChI=1S/C19H19N3O/c1-14-8-10-15(11-9-14)17(18-20-12-13-22(18)2)21-19(23)16-6-4-3-5-7-16/h3-13,17H,1-2H3,(H,21,23). The molecule has 0 fully saturated rings. The lowest BCUT2D eigenvalue weighted by Gasteiger charge is -2.19. The van der Waals surface area contributed by atoms with Crippen LogP contribution in [-0.4, -0.2) is 15.5 Å². The third-order valence-corrected chi connectivity index (χ3v) is 3.84. The molecule has 4 heteroatoms. The molecule has 0 aliphatic carbocycles. The summed E-state index contributed by atoms with van der Waals surface area (Å²) in [6.45, 7) is 2.04. The van der Waals surface area contributed by atoms with Crippen molar-refractivity contribution in [3.05, 3.63) is 89.5 Å². The highest BCUT2D eigenvalue weighted by atomic mass is 16.1. The number of rotatable bonds is 4. The normalized spacial score (nSPS) is 11.9. The van der Waals surface area contributed by atoms with Crippen LogP contribution in [0.1, 0.15) is 33.4 Å². The maximum absolute atomic E-state index is 12.6. The predicted molar refractivity (Wildman–Crippen MR) is 90.1 cm³/mol. The summed E-state index contributed by atoms with van der Waals surface area (Å²) in [5.74, 6) is 0.692. The van der Waals surface area contributed by atoms with Gasteiger partial charge in [-0.3, -0.25) is 4.79 Å². The second kappa shape index (κ2) is 6.48. The van der Waals surface area contributed by atoms with Crippen LogP contribution in [0.25, 0.3) is 0 Å². The van der Waals surface area contributed by atoms with Gasteiger partial charge in [0.05, 0.1) is 0 Å². The van der Waals surface area contributed by atoms with Gasteiger partial charge in [-0.1, -0.05) is 48.0 Å². The van der Waals surface area contributed by atoms with Crippen LogP contribution in [0, 0.1) is 6.92 Å². The predicted octanol–water partition coefficient (Wildman–Crippen LogP) is 3.25. The molecule has 0 radical (unpaired) electrons. The first-order chi connectivity index (χ1) is 11.1. The van der Waals surface area contributed by atoms with Gasteiger partial charge < -0.3 is 9.88 Å². The monoisotopic (exact) mass is 305 g/mol. The molecular formula is C19H19N3O. The fraction of sp³-hybridized carbons (Fsp3) is 0.158. The lowest BCUT2D eigenvalue weighted by molar-refractivity contribution is 0.0941. The number of carbonyl (C=O) groups excluding carboxylic acids is 1. The fourth-order valence-electron chi connectivity index (χ4n) is 2.52. The van der Waals surface area contributed by atoms with Gasteiger partial charge in [0.1, 0.15) is 11.9 Å². The van der Waals surface area contributed by atoms with Crippen LogP contribution >= 0.6 is 0 Å². The number of nitrogens with one attached hydrogen (secondary N) is 1. The summed E-state index contributed by atoms with van der Waals surface area (Å²) in [5, 5.41) is 3.09. The number of carbonyl (C=O) groups is 1. The third-order valence-electron chi connectivity index (χ3n) is 3.84. The second-order valence-corrected chi connectivity index (χ2v) is 5.58. The molecular weight excluding hydrogens is 286 g/mol. The van der Waals surface area contributed by atoms with Crippen molar-refractivity contribution in [2.75, 3.05) is 0 Å². The van der Waals surface area contributed by atoms with E-state index in [1.807, 2.05) is 67.2 Å². The minimum absolute atomic E-state index is 0.112. The van der Waals surface area contributed by atoms with Crippen molar-refractivity contribution in [2.45, 2.75) is 13.0 Å². The van der Waals surface area contributed by atoms with Gasteiger partial charge >= 0.3 is 0 Å². The van der Waals surface area contributed by atoms with E-state index < -0.39 is 0 Å². The van der Waals surface area contributed by atoms with E-state index in [4.69, 9.17) is 0 Å². The molecule has 1 N–H and O–H groups in total. The Balaban J connectivity index is 1.94. The van der Waals surface area contributed by atoms with Gasteiger partial charge in [-0.2, -0.15) is 0 Å². The Morgan fingerprint density at radius 3 is 2.39 bits per heavy atom. The second-order valence-electron chi connectivity index (χ2n) is 5.58. The first kappa shape index (κ1) is 15.0. The summed E-state index contributed by atoms with van der Waals surface area (Å²) in [6.07, 6.45) is 3.62. The van der Waals surface area contributed by atoms with Gasteiger partial charge in [0.25, 0.3) is 5.91 Å². The minimum atomic E-state index is -0.289. The third kappa shape index (κ3) is 3.31. The number of nitrogens with zero attached hydrogens (tertiary/aromatic N) is 2. The minimum Gasteiger partial charge on any atom is -0.338 e. The zero-order valence-electron chi connectivity index (χ0n) is 13.2. The van der Waals surface area contributed by atoms with Crippen molar-refractivity contribution in [1.29, 1.82) is 0 Å². The van der Waals surface area contributed by atoms with Crippen LogP contribution in [0.3, 0.4) is 0 Å². The number of hydrogen-bond acceptors (Lipinski definition) is 2. The number of aryl methyl sites for hydroxylation is 2. The topological polar surface area (TPSA) is 46.9 Å². The number of aromatic nitrogens is 2. The summed E-state index contributed by atoms with van der Waals surface area (Å²) in [5.41, 5.74) is 2.83. The first-order valence-corrected chi connectivity index (χ1v) is 7.55. The highest BCUT2D eigenvalue weighted by Crippen LogP contribution is 2.21. The Labute approximate surface area is 135 Å². The molecule has 1 aromatic heterocycles. The van der Waals surface area contributed by atoms with E-state index in [0.717, 1.165) is 11.4 Å². The van der Waals surface area contributed by atoms with Crippen LogP contribution in [-0.2, 0) is 7.05 Å². The average molecular weight is 305 g/mol. The van der Waals surface area contributed by atoms with E-state index in [9.17, 15) is 4.79 Å². The van der Waals surface area contributed by atoms with Gasteiger partial charge in [-0.25, -0.2) is 4.98 Å². The van der Waals surface area contributed by atoms with E-state index in [1.165, 1.54) is 5.56 Å². The Kier molecular flexibility index (Phi) is 4.24. The molecule has 0 spiro atoms. The van der Waals surface area contributed by atoms with Crippen molar-refractivity contribution in [2.24, 2.45) is 7.05 Å². The maximum atomic E-state index is 12.6. The zero-order chi connectivity index (χ0) is 16.2. The maximum Gasteiger partial charge on any atom is 0.252 e. The molecule has 23 heavy (non-hydrogen) atoms. The average Bonchev–Trinajstić information content (AvgIpc) is 3.00. The molecule has 0 saturated carbocycles. The summed E-state index contributed by atoms with van der Waals surface area (Å²) in [6, 6.07) is 17.1. The van der Waals surface area contributed by atoms with Crippen molar-refractivity contribution in [1.82, 2.24) is 14.9 Å². The Morgan fingerprint density at radius 1 is 1.09 bits per heavy atom. The van der Waals surface area contributed by atoms with Gasteiger partial charge in [-0.15, -0.1) is 0 Å². The molecule has 0 aliphatic heterocycles. The summed E-state index contributed by atoms with van der Waals surface area (Å²) >= 11 is 0. The highest BCUT2D eigenvalue weighted by Gasteiger charge is 2.21. The SMILES string of the molecule is Cc1ccc(C(NC(=O)c2ccccc2)c2nccn2C)cc1. The number of hydrogen-bond donors (Lipinski definition) is 1. The molecule has 1 atom stereocenters. The Morgan fingerprint density at radius 2 is 1.78 bits per heavy atom. The fourth-order valence-corrected chi connectivity index (χ4v) is 2.52. The molecule has 3 rings (SSSR count). The number of amides is 1. The molecule has 3 aromatic rings. The van der Waals surface area contributed by atoms with Crippen LogP contribution in [0.15, 0.2) is 67.0 Å².